The van der Waals surface area contributed by atoms with Gasteiger partial charge in [-0.05, 0) is 36.8 Å². The number of aromatic nitrogens is 1. The molecular formula is C19H28N4O3. The van der Waals surface area contributed by atoms with Gasteiger partial charge < -0.3 is 19.7 Å². The quantitative estimate of drug-likeness (QED) is 0.872. The van der Waals surface area contributed by atoms with Gasteiger partial charge >= 0.3 is 6.03 Å². The lowest BCUT2D eigenvalue weighted by molar-refractivity contribution is 0.0584. The van der Waals surface area contributed by atoms with Crippen molar-refractivity contribution in [2.75, 3.05) is 33.7 Å². The third-order valence-corrected chi connectivity index (χ3v) is 5.41. The smallest absolute Gasteiger partial charge is 0.319 e. The minimum atomic E-state index is -0.331. The number of amides is 3. The molecule has 3 fully saturated rings. The van der Waals surface area contributed by atoms with Crippen molar-refractivity contribution >= 4 is 11.9 Å². The van der Waals surface area contributed by atoms with Gasteiger partial charge in [0, 0.05) is 45.5 Å². The zero-order chi connectivity index (χ0) is 19.0. The van der Waals surface area contributed by atoms with Gasteiger partial charge in [-0.25, -0.2) is 4.79 Å². The third kappa shape index (κ3) is 3.48. The Kier molecular flexibility index (Phi) is 5.07. The van der Waals surface area contributed by atoms with Gasteiger partial charge in [0.2, 0.25) is 0 Å². The minimum Gasteiger partial charge on any atom is -0.333 e. The third-order valence-electron chi connectivity index (χ3n) is 5.41. The molecule has 0 unspecified atom stereocenters. The van der Waals surface area contributed by atoms with Crippen LogP contribution in [0.15, 0.2) is 16.9 Å². The maximum Gasteiger partial charge on any atom is 0.319 e. The molecule has 1 N–H and O–H groups in total. The van der Waals surface area contributed by atoms with Gasteiger partial charge in [-0.1, -0.05) is 13.8 Å². The van der Waals surface area contributed by atoms with Crippen LogP contribution in [0.5, 0.6) is 0 Å². The molecule has 0 aliphatic carbocycles. The van der Waals surface area contributed by atoms with Gasteiger partial charge in [-0.15, -0.1) is 0 Å². The minimum absolute atomic E-state index is 0.0182. The van der Waals surface area contributed by atoms with E-state index in [2.05, 4.69) is 4.98 Å². The van der Waals surface area contributed by atoms with Crippen molar-refractivity contribution in [1.82, 2.24) is 19.7 Å². The van der Waals surface area contributed by atoms with Gasteiger partial charge in [0.05, 0.1) is 0 Å². The maximum absolute atomic E-state index is 13.0. The molecule has 0 radical (unpaired) electrons. The average molecular weight is 360 g/mol. The van der Waals surface area contributed by atoms with Gasteiger partial charge in [0.25, 0.3) is 11.5 Å². The second-order valence-electron chi connectivity index (χ2n) is 7.95. The molecule has 7 heteroatoms. The Labute approximate surface area is 154 Å². The highest BCUT2D eigenvalue weighted by Crippen LogP contribution is 2.29. The fraction of sp³-hybridized carbons (Fsp3) is 0.632. The highest BCUT2D eigenvalue weighted by molar-refractivity contribution is 5.94. The first-order valence-electron chi connectivity index (χ1n) is 9.28. The second kappa shape index (κ2) is 7.13. The Morgan fingerprint density at radius 2 is 1.88 bits per heavy atom. The van der Waals surface area contributed by atoms with Crippen molar-refractivity contribution < 1.29 is 9.59 Å². The lowest BCUT2D eigenvalue weighted by Gasteiger charge is -2.36. The van der Waals surface area contributed by atoms with E-state index in [1.54, 1.807) is 30.0 Å². The van der Waals surface area contributed by atoms with Crippen LogP contribution in [0.4, 0.5) is 4.79 Å². The number of hydrogen-bond donors (Lipinski definition) is 1. The van der Waals surface area contributed by atoms with Gasteiger partial charge in [-0.3, -0.25) is 9.59 Å². The summed E-state index contributed by atoms with van der Waals surface area (Å²) in [6, 6.07) is 3.40. The molecule has 7 nitrogen and oxygen atoms in total. The summed E-state index contributed by atoms with van der Waals surface area (Å²) in [5.74, 6) is 0.234. The second-order valence-corrected chi connectivity index (χ2v) is 7.95. The molecule has 4 heterocycles. The molecule has 0 saturated carbocycles. The molecule has 2 bridgehead atoms. The van der Waals surface area contributed by atoms with Crippen molar-refractivity contribution in [3.05, 3.63) is 33.7 Å². The number of aromatic amines is 1. The molecule has 0 aromatic carbocycles. The lowest BCUT2D eigenvalue weighted by atomic mass is 9.94. The molecule has 3 saturated heterocycles. The lowest BCUT2D eigenvalue weighted by Crippen LogP contribution is -2.49. The van der Waals surface area contributed by atoms with Crippen LogP contribution >= 0.6 is 0 Å². The number of rotatable bonds is 2. The summed E-state index contributed by atoms with van der Waals surface area (Å²) in [4.78, 5) is 45.9. The predicted molar refractivity (Wildman–Crippen MR) is 99.4 cm³/mol. The number of nitrogens with zero attached hydrogens (tertiary/aromatic N) is 3. The Hall–Kier alpha value is -2.31. The van der Waals surface area contributed by atoms with E-state index >= 15 is 0 Å². The monoisotopic (exact) mass is 360 g/mol. The number of nitrogens with one attached hydrogen (secondary N) is 1. The van der Waals surface area contributed by atoms with E-state index in [4.69, 9.17) is 0 Å². The van der Waals surface area contributed by atoms with E-state index < -0.39 is 0 Å². The van der Waals surface area contributed by atoms with E-state index in [0.717, 1.165) is 18.5 Å². The van der Waals surface area contributed by atoms with E-state index in [1.807, 2.05) is 24.8 Å². The molecule has 4 rings (SSSR count). The average Bonchev–Trinajstić information content (AvgIpc) is 2.92. The van der Waals surface area contributed by atoms with Crippen LogP contribution in [0.3, 0.4) is 0 Å². The molecule has 26 heavy (non-hydrogen) atoms. The van der Waals surface area contributed by atoms with Crippen LogP contribution in [0.25, 0.3) is 0 Å². The standard InChI is InChI=1S/C19H28N4O3/c1-12(2)16-8-7-15(17(24)20-16)18(25)23-10-13-5-6-14(23)11-22(9-13)19(26)21(3)4/h7-8,12-14H,5-6,9-11H2,1-4H3,(H,20,24)/t13-,14+/m1/s1. The Morgan fingerprint density at radius 3 is 2.50 bits per heavy atom. The highest BCUT2D eigenvalue weighted by atomic mass is 16.2. The molecule has 3 aliphatic rings. The summed E-state index contributed by atoms with van der Waals surface area (Å²) >= 11 is 0. The predicted octanol–water partition coefficient (Wildman–Crippen LogP) is 1.72. The molecule has 1 aromatic heterocycles. The number of urea groups is 1. The van der Waals surface area contributed by atoms with Crippen molar-refractivity contribution in [1.29, 1.82) is 0 Å². The number of carbonyl (C=O) groups excluding carboxylic acids is 2. The fourth-order valence-corrected chi connectivity index (χ4v) is 3.92. The largest absolute Gasteiger partial charge is 0.333 e. The normalized spacial score (nSPS) is 22.5. The summed E-state index contributed by atoms with van der Waals surface area (Å²) in [7, 11) is 3.49. The van der Waals surface area contributed by atoms with Gasteiger partial charge in [0.1, 0.15) is 5.56 Å². The van der Waals surface area contributed by atoms with Crippen LogP contribution in [0.2, 0.25) is 0 Å². The Bertz CT molecular complexity index is 755. The first-order chi connectivity index (χ1) is 12.3. The fourth-order valence-electron chi connectivity index (χ4n) is 3.92. The van der Waals surface area contributed by atoms with E-state index in [9.17, 15) is 14.4 Å². The Morgan fingerprint density at radius 1 is 1.15 bits per heavy atom. The van der Waals surface area contributed by atoms with Crippen molar-refractivity contribution in [2.45, 2.75) is 38.6 Å². The number of fused-ring (bicyclic) bond motifs is 4. The van der Waals surface area contributed by atoms with E-state index in [-0.39, 0.29) is 40.9 Å². The first-order valence-corrected chi connectivity index (χ1v) is 9.28. The number of carbonyl (C=O) groups is 2. The SMILES string of the molecule is CC(C)c1ccc(C(=O)N2C[C@@H]3CC[C@H]2CN(C(=O)N(C)C)C3)c(=O)[nH]1. The summed E-state index contributed by atoms with van der Waals surface area (Å²) in [5.41, 5.74) is 0.682. The molecule has 2 atom stereocenters. The van der Waals surface area contributed by atoms with Crippen molar-refractivity contribution in [3.63, 3.8) is 0 Å². The molecule has 142 valence electrons. The Balaban J connectivity index is 1.83. The molecule has 3 amide bonds. The zero-order valence-corrected chi connectivity index (χ0v) is 16.0. The highest BCUT2D eigenvalue weighted by Gasteiger charge is 2.39. The van der Waals surface area contributed by atoms with Crippen LogP contribution in [0.1, 0.15) is 48.7 Å². The molecule has 3 aliphatic heterocycles. The van der Waals surface area contributed by atoms with Crippen LogP contribution in [0, 0.1) is 5.92 Å². The van der Waals surface area contributed by atoms with Gasteiger partial charge in [0.15, 0.2) is 0 Å². The first kappa shape index (κ1) is 18.5. The van der Waals surface area contributed by atoms with E-state index in [1.165, 1.54) is 0 Å². The molecule has 0 spiro atoms. The van der Waals surface area contributed by atoms with Crippen LogP contribution < -0.4 is 5.56 Å². The van der Waals surface area contributed by atoms with Crippen LogP contribution in [-0.4, -0.2) is 71.4 Å². The summed E-state index contributed by atoms with van der Waals surface area (Å²) in [5, 5.41) is 0. The maximum atomic E-state index is 13.0. The number of piperidine rings is 1. The summed E-state index contributed by atoms with van der Waals surface area (Å²) in [6.45, 7) is 5.79. The van der Waals surface area contributed by atoms with Gasteiger partial charge in [-0.2, -0.15) is 0 Å². The van der Waals surface area contributed by atoms with Crippen molar-refractivity contribution in [3.8, 4) is 0 Å². The zero-order valence-electron chi connectivity index (χ0n) is 16.0. The topological polar surface area (TPSA) is 76.7 Å². The summed E-state index contributed by atoms with van der Waals surface area (Å²) < 4.78 is 0. The van der Waals surface area contributed by atoms with Crippen molar-refractivity contribution in [2.24, 2.45) is 5.92 Å². The number of H-pyrrole nitrogens is 1. The molecule has 1 aromatic rings. The van der Waals surface area contributed by atoms with Crippen LogP contribution in [-0.2, 0) is 0 Å². The number of pyridine rings is 1. The number of hydrogen-bond acceptors (Lipinski definition) is 3. The molecular weight excluding hydrogens is 332 g/mol. The van der Waals surface area contributed by atoms with E-state index in [0.29, 0.717) is 19.6 Å². The summed E-state index contributed by atoms with van der Waals surface area (Å²) in [6.07, 6.45) is 1.88.